The predicted molar refractivity (Wildman–Crippen MR) is 87.9 cm³/mol. The van der Waals surface area contributed by atoms with Gasteiger partial charge in [-0.2, -0.15) is 0 Å². The summed E-state index contributed by atoms with van der Waals surface area (Å²) >= 11 is 3.39. The molecule has 0 aliphatic rings. The van der Waals surface area contributed by atoms with Crippen molar-refractivity contribution >= 4 is 21.8 Å². The fraction of sp³-hybridized carbons (Fsp3) is 0.562. The number of carbonyl (C=O) groups is 1. The van der Waals surface area contributed by atoms with E-state index in [1.807, 2.05) is 24.3 Å². The molecule has 0 fully saturated rings. The number of hydrogen-bond donors (Lipinski definition) is 1. The van der Waals surface area contributed by atoms with Crippen LogP contribution in [-0.2, 0) is 11.2 Å². The Morgan fingerprint density at radius 3 is 2.40 bits per heavy atom. The van der Waals surface area contributed by atoms with Crippen LogP contribution < -0.4 is 5.32 Å². The van der Waals surface area contributed by atoms with Crippen molar-refractivity contribution < 1.29 is 4.79 Å². The molecule has 112 valence electrons. The van der Waals surface area contributed by atoms with Gasteiger partial charge in [0.05, 0.1) is 6.42 Å². The van der Waals surface area contributed by atoms with Gasteiger partial charge in [-0.3, -0.25) is 4.79 Å². The Hall–Kier alpha value is -0.870. The van der Waals surface area contributed by atoms with Crippen molar-refractivity contribution in [2.45, 2.75) is 33.1 Å². The zero-order valence-corrected chi connectivity index (χ0v) is 14.1. The summed E-state index contributed by atoms with van der Waals surface area (Å²) in [5, 5.41) is 2.99. The SMILES string of the molecule is CCN(CC)CCCCNC(=O)Cc1ccc(Br)cc1. The summed E-state index contributed by atoms with van der Waals surface area (Å²) in [4.78, 5) is 14.2. The zero-order valence-electron chi connectivity index (χ0n) is 12.5. The minimum atomic E-state index is 0.107. The lowest BCUT2D eigenvalue weighted by molar-refractivity contribution is -0.120. The largest absolute Gasteiger partial charge is 0.356 e. The van der Waals surface area contributed by atoms with Gasteiger partial charge < -0.3 is 10.2 Å². The Morgan fingerprint density at radius 2 is 1.80 bits per heavy atom. The second kappa shape index (κ2) is 9.94. The van der Waals surface area contributed by atoms with Crippen LogP contribution in [0.2, 0.25) is 0 Å². The number of halogens is 1. The third-order valence-corrected chi connectivity index (χ3v) is 3.92. The summed E-state index contributed by atoms with van der Waals surface area (Å²) in [6.45, 7) is 8.47. The molecule has 0 bridgehead atoms. The van der Waals surface area contributed by atoms with Gasteiger partial charge in [-0.05, 0) is 50.2 Å². The Labute approximate surface area is 130 Å². The van der Waals surface area contributed by atoms with Gasteiger partial charge in [0.2, 0.25) is 5.91 Å². The van der Waals surface area contributed by atoms with Crippen LogP contribution in [0.4, 0.5) is 0 Å². The number of benzene rings is 1. The van der Waals surface area contributed by atoms with E-state index in [1.165, 1.54) is 0 Å². The van der Waals surface area contributed by atoms with Crippen LogP contribution in [-0.4, -0.2) is 37.0 Å². The van der Waals surface area contributed by atoms with Gasteiger partial charge in [0.25, 0.3) is 0 Å². The second-order valence-corrected chi connectivity index (χ2v) is 5.80. The third kappa shape index (κ3) is 7.06. The van der Waals surface area contributed by atoms with Crippen LogP contribution in [0.15, 0.2) is 28.7 Å². The van der Waals surface area contributed by atoms with Crippen LogP contribution in [0.1, 0.15) is 32.3 Å². The van der Waals surface area contributed by atoms with Crippen molar-refractivity contribution in [2.24, 2.45) is 0 Å². The molecule has 1 aromatic rings. The average Bonchev–Trinajstić information content (AvgIpc) is 2.45. The van der Waals surface area contributed by atoms with Crippen LogP contribution >= 0.6 is 15.9 Å². The molecule has 0 heterocycles. The van der Waals surface area contributed by atoms with Gasteiger partial charge in [0, 0.05) is 11.0 Å². The Morgan fingerprint density at radius 1 is 1.15 bits per heavy atom. The van der Waals surface area contributed by atoms with Crippen LogP contribution in [0, 0.1) is 0 Å². The van der Waals surface area contributed by atoms with E-state index in [9.17, 15) is 4.79 Å². The smallest absolute Gasteiger partial charge is 0.224 e. The highest BCUT2D eigenvalue weighted by atomic mass is 79.9. The Balaban J connectivity index is 2.13. The molecule has 0 atom stereocenters. The van der Waals surface area contributed by atoms with E-state index < -0.39 is 0 Å². The van der Waals surface area contributed by atoms with E-state index in [4.69, 9.17) is 0 Å². The second-order valence-electron chi connectivity index (χ2n) is 4.89. The first-order valence-corrected chi connectivity index (χ1v) is 8.18. The molecule has 1 amide bonds. The first-order valence-electron chi connectivity index (χ1n) is 7.39. The number of amides is 1. The minimum absolute atomic E-state index is 0.107. The fourth-order valence-electron chi connectivity index (χ4n) is 2.08. The lowest BCUT2D eigenvalue weighted by Crippen LogP contribution is -2.28. The van der Waals surface area contributed by atoms with Gasteiger partial charge >= 0.3 is 0 Å². The van der Waals surface area contributed by atoms with Gasteiger partial charge in [-0.25, -0.2) is 0 Å². The summed E-state index contributed by atoms with van der Waals surface area (Å²) in [5.41, 5.74) is 1.05. The molecule has 3 nitrogen and oxygen atoms in total. The number of rotatable bonds is 9. The molecule has 0 saturated carbocycles. The molecule has 0 aromatic heterocycles. The molecule has 0 radical (unpaired) electrons. The monoisotopic (exact) mass is 340 g/mol. The molecular formula is C16H25BrN2O. The van der Waals surface area contributed by atoms with Crippen molar-refractivity contribution in [3.05, 3.63) is 34.3 Å². The number of nitrogens with zero attached hydrogens (tertiary/aromatic N) is 1. The van der Waals surface area contributed by atoms with Gasteiger partial charge in [-0.15, -0.1) is 0 Å². The summed E-state index contributed by atoms with van der Waals surface area (Å²) in [7, 11) is 0. The molecule has 1 aromatic carbocycles. The highest BCUT2D eigenvalue weighted by Crippen LogP contribution is 2.10. The number of carbonyl (C=O) groups excluding carboxylic acids is 1. The molecule has 0 spiro atoms. The minimum Gasteiger partial charge on any atom is -0.356 e. The van der Waals surface area contributed by atoms with Crippen molar-refractivity contribution in [1.29, 1.82) is 0 Å². The lowest BCUT2D eigenvalue weighted by Gasteiger charge is -2.17. The fourth-order valence-corrected chi connectivity index (χ4v) is 2.34. The summed E-state index contributed by atoms with van der Waals surface area (Å²) in [5.74, 6) is 0.107. The predicted octanol–water partition coefficient (Wildman–Crippen LogP) is 3.23. The standard InChI is InChI=1S/C16H25BrN2O/c1-3-19(4-2)12-6-5-11-18-16(20)13-14-7-9-15(17)10-8-14/h7-10H,3-6,11-13H2,1-2H3,(H,18,20). The van der Waals surface area contributed by atoms with Gasteiger partial charge in [0.15, 0.2) is 0 Å². The van der Waals surface area contributed by atoms with Crippen molar-refractivity contribution in [3.8, 4) is 0 Å². The number of unbranched alkanes of at least 4 members (excludes halogenated alkanes) is 1. The van der Waals surface area contributed by atoms with Crippen molar-refractivity contribution in [1.82, 2.24) is 10.2 Å². The van der Waals surface area contributed by atoms with Crippen LogP contribution in [0.5, 0.6) is 0 Å². The molecule has 1 rings (SSSR count). The maximum atomic E-state index is 11.8. The highest BCUT2D eigenvalue weighted by molar-refractivity contribution is 9.10. The van der Waals surface area contributed by atoms with Crippen LogP contribution in [0.25, 0.3) is 0 Å². The van der Waals surface area contributed by atoms with Gasteiger partial charge in [0.1, 0.15) is 0 Å². The van der Waals surface area contributed by atoms with E-state index in [2.05, 4.69) is 40.0 Å². The van der Waals surface area contributed by atoms with E-state index in [1.54, 1.807) is 0 Å². The van der Waals surface area contributed by atoms with Crippen molar-refractivity contribution in [2.75, 3.05) is 26.2 Å². The quantitative estimate of drug-likeness (QED) is 0.700. The molecular weight excluding hydrogens is 316 g/mol. The maximum absolute atomic E-state index is 11.8. The molecule has 4 heteroatoms. The van der Waals surface area contributed by atoms with E-state index in [0.717, 1.165) is 49.1 Å². The first kappa shape index (κ1) is 17.2. The summed E-state index contributed by atoms with van der Waals surface area (Å²) in [6.07, 6.45) is 2.64. The topological polar surface area (TPSA) is 32.3 Å². The normalized spacial score (nSPS) is 10.8. The Bertz CT molecular complexity index is 388. The summed E-state index contributed by atoms with van der Waals surface area (Å²) < 4.78 is 1.04. The molecule has 0 aliphatic carbocycles. The van der Waals surface area contributed by atoms with E-state index in [0.29, 0.717) is 6.42 Å². The van der Waals surface area contributed by atoms with Gasteiger partial charge in [-0.1, -0.05) is 41.9 Å². The molecule has 20 heavy (non-hydrogen) atoms. The van der Waals surface area contributed by atoms with E-state index in [-0.39, 0.29) is 5.91 Å². The lowest BCUT2D eigenvalue weighted by atomic mass is 10.1. The third-order valence-electron chi connectivity index (χ3n) is 3.40. The Kier molecular flexibility index (Phi) is 8.54. The first-order chi connectivity index (χ1) is 9.65. The zero-order chi connectivity index (χ0) is 14.8. The molecule has 0 unspecified atom stereocenters. The molecule has 1 N–H and O–H groups in total. The van der Waals surface area contributed by atoms with Crippen LogP contribution in [0.3, 0.4) is 0 Å². The molecule has 0 aliphatic heterocycles. The molecule has 0 saturated heterocycles. The summed E-state index contributed by atoms with van der Waals surface area (Å²) in [6, 6.07) is 7.88. The highest BCUT2D eigenvalue weighted by Gasteiger charge is 2.03. The average molecular weight is 341 g/mol. The van der Waals surface area contributed by atoms with Crippen molar-refractivity contribution in [3.63, 3.8) is 0 Å². The maximum Gasteiger partial charge on any atom is 0.224 e. The van der Waals surface area contributed by atoms with E-state index >= 15 is 0 Å². The number of hydrogen-bond acceptors (Lipinski definition) is 2. The number of nitrogens with one attached hydrogen (secondary N) is 1.